The van der Waals surface area contributed by atoms with Crippen LogP contribution in [0.1, 0.15) is 11.4 Å². The molecule has 0 bridgehead atoms. The Morgan fingerprint density at radius 1 is 1.25 bits per heavy atom. The van der Waals surface area contributed by atoms with E-state index in [1.54, 1.807) is 22.7 Å². The second kappa shape index (κ2) is 5.84. The van der Waals surface area contributed by atoms with Gasteiger partial charge in [0, 0.05) is 6.54 Å². The zero-order valence-electron chi connectivity index (χ0n) is 11.0. The van der Waals surface area contributed by atoms with Gasteiger partial charge < -0.3 is 5.43 Å². The summed E-state index contributed by atoms with van der Waals surface area (Å²) in [6.07, 6.45) is 0. The molecule has 0 saturated carbocycles. The van der Waals surface area contributed by atoms with Gasteiger partial charge in [-0.3, -0.25) is 4.90 Å². The van der Waals surface area contributed by atoms with Crippen molar-refractivity contribution in [1.29, 1.82) is 0 Å². The monoisotopic (exact) mass is 305 g/mol. The number of nitrogens with zero attached hydrogens (tertiary/aromatic N) is 3. The third kappa shape index (κ3) is 2.80. The Kier molecular flexibility index (Phi) is 3.93. The highest BCUT2D eigenvalue weighted by Gasteiger charge is 2.10. The van der Waals surface area contributed by atoms with Gasteiger partial charge in [-0.2, -0.15) is 11.3 Å². The highest BCUT2D eigenvalue weighted by atomic mass is 32.1. The zero-order valence-corrected chi connectivity index (χ0v) is 12.7. The van der Waals surface area contributed by atoms with E-state index in [9.17, 15) is 0 Å². The van der Waals surface area contributed by atoms with Gasteiger partial charge in [-0.05, 0) is 40.9 Å². The number of hydrogen-bond acceptors (Lipinski definition) is 7. The van der Waals surface area contributed by atoms with E-state index in [2.05, 4.69) is 44.2 Å². The molecule has 0 aliphatic heterocycles. The Hall–Kier alpha value is -1.54. The maximum atomic E-state index is 5.54. The Morgan fingerprint density at radius 3 is 2.90 bits per heavy atom. The molecule has 0 aliphatic rings. The van der Waals surface area contributed by atoms with Crippen LogP contribution in [0.15, 0.2) is 28.3 Å². The number of thiophene rings is 2. The number of nitrogens with one attached hydrogen (secondary N) is 1. The van der Waals surface area contributed by atoms with E-state index in [1.165, 1.54) is 5.56 Å². The van der Waals surface area contributed by atoms with Gasteiger partial charge in [-0.25, -0.2) is 15.8 Å². The molecule has 7 heteroatoms. The number of aromatic nitrogens is 2. The lowest BCUT2D eigenvalue weighted by atomic mass is 10.3. The maximum absolute atomic E-state index is 5.54. The molecule has 104 valence electrons. The van der Waals surface area contributed by atoms with Gasteiger partial charge >= 0.3 is 0 Å². The predicted octanol–water partition coefficient (Wildman–Crippen LogP) is 2.67. The van der Waals surface area contributed by atoms with Gasteiger partial charge in [0.2, 0.25) is 0 Å². The van der Waals surface area contributed by atoms with E-state index in [-0.39, 0.29) is 0 Å². The van der Waals surface area contributed by atoms with Gasteiger partial charge in [0.15, 0.2) is 5.82 Å². The topological polar surface area (TPSA) is 67.1 Å². The predicted molar refractivity (Wildman–Crippen MR) is 84.7 cm³/mol. The van der Waals surface area contributed by atoms with Gasteiger partial charge in [0.25, 0.3) is 0 Å². The first-order valence-electron chi connectivity index (χ1n) is 6.16. The molecule has 0 aliphatic carbocycles. The van der Waals surface area contributed by atoms with Crippen LogP contribution in [-0.4, -0.2) is 21.9 Å². The van der Waals surface area contributed by atoms with Gasteiger partial charge in [0.1, 0.15) is 10.7 Å². The number of rotatable bonds is 5. The molecule has 3 aromatic heterocycles. The molecule has 0 radical (unpaired) electrons. The molecular formula is C13H15N5S2. The fourth-order valence-electron chi connectivity index (χ4n) is 2.07. The molecule has 3 rings (SSSR count). The summed E-state index contributed by atoms with van der Waals surface area (Å²) in [5.41, 5.74) is 3.97. The zero-order chi connectivity index (χ0) is 13.9. The van der Waals surface area contributed by atoms with Crippen molar-refractivity contribution >= 4 is 38.7 Å². The van der Waals surface area contributed by atoms with Crippen LogP contribution < -0.4 is 11.3 Å². The lowest BCUT2D eigenvalue weighted by Gasteiger charge is -2.15. The van der Waals surface area contributed by atoms with Crippen molar-refractivity contribution in [3.05, 3.63) is 39.7 Å². The molecule has 0 saturated heterocycles. The van der Waals surface area contributed by atoms with Crippen molar-refractivity contribution in [3.63, 3.8) is 0 Å². The van der Waals surface area contributed by atoms with Gasteiger partial charge in [0.05, 0.1) is 11.9 Å². The number of fused-ring (bicyclic) bond motifs is 1. The van der Waals surface area contributed by atoms with E-state index in [0.29, 0.717) is 12.4 Å². The Labute approximate surface area is 125 Å². The van der Waals surface area contributed by atoms with E-state index in [4.69, 9.17) is 5.84 Å². The summed E-state index contributed by atoms with van der Waals surface area (Å²) in [5.74, 6) is 7.01. The van der Waals surface area contributed by atoms with Crippen LogP contribution in [0.25, 0.3) is 10.2 Å². The Morgan fingerprint density at radius 2 is 2.15 bits per heavy atom. The summed E-state index contributed by atoms with van der Waals surface area (Å²) in [6.45, 7) is 1.58. The molecular weight excluding hydrogens is 290 g/mol. The molecule has 0 amide bonds. The minimum absolute atomic E-state index is 0.690. The smallest absolute Gasteiger partial charge is 0.152 e. The molecule has 5 nitrogen and oxygen atoms in total. The second-order valence-electron chi connectivity index (χ2n) is 4.58. The van der Waals surface area contributed by atoms with E-state index in [0.717, 1.165) is 22.6 Å². The average Bonchev–Trinajstić information content (AvgIpc) is 3.08. The summed E-state index contributed by atoms with van der Waals surface area (Å²) in [4.78, 5) is 12.2. The molecule has 0 unspecified atom stereocenters. The molecule has 3 heterocycles. The Balaban J connectivity index is 1.79. The fraction of sp³-hybridized carbons (Fsp3) is 0.231. The van der Waals surface area contributed by atoms with Crippen LogP contribution in [0.2, 0.25) is 0 Å². The van der Waals surface area contributed by atoms with Crippen LogP contribution in [0.4, 0.5) is 5.82 Å². The van der Waals surface area contributed by atoms with E-state index < -0.39 is 0 Å². The van der Waals surface area contributed by atoms with Crippen molar-refractivity contribution in [2.45, 2.75) is 13.1 Å². The molecule has 3 N–H and O–H groups in total. The van der Waals surface area contributed by atoms with Crippen molar-refractivity contribution in [3.8, 4) is 0 Å². The van der Waals surface area contributed by atoms with Gasteiger partial charge in [-0.1, -0.05) is 0 Å². The number of hydrazine groups is 1. The van der Waals surface area contributed by atoms with Crippen LogP contribution in [-0.2, 0) is 13.1 Å². The molecule has 3 aromatic rings. The molecule has 0 spiro atoms. The van der Waals surface area contributed by atoms with E-state index >= 15 is 0 Å². The van der Waals surface area contributed by atoms with Crippen molar-refractivity contribution in [2.75, 3.05) is 12.5 Å². The minimum Gasteiger partial charge on any atom is -0.308 e. The van der Waals surface area contributed by atoms with Crippen LogP contribution in [0.3, 0.4) is 0 Å². The van der Waals surface area contributed by atoms with Crippen molar-refractivity contribution in [2.24, 2.45) is 5.84 Å². The number of hydrogen-bond donors (Lipinski definition) is 2. The van der Waals surface area contributed by atoms with E-state index in [1.807, 2.05) is 11.4 Å². The number of nitrogen functional groups attached to an aromatic ring is 1. The fourth-order valence-corrected chi connectivity index (χ4v) is 3.51. The average molecular weight is 305 g/mol. The third-order valence-electron chi connectivity index (χ3n) is 2.95. The largest absolute Gasteiger partial charge is 0.308 e. The normalized spacial score (nSPS) is 11.3. The lowest BCUT2D eigenvalue weighted by Crippen LogP contribution is -2.19. The van der Waals surface area contributed by atoms with Crippen LogP contribution >= 0.6 is 22.7 Å². The first-order chi connectivity index (χ1) is 9.76. The highest BCUT2D eigenvalue weighted by Crippen LogP contribution is 2.24. The van der Waals surface area contributed by atoms with Gasteiger partial charge in [-0.15, -0.1) is 11.3 Å². The molecule has 0 atom stereocenters. The first-order valence-corrected chi connectivity index (χ1v) is 7.99. The molecule has 0 fully saturated rings. The second-order valence-corrected chi connectivity index (χ2v) is 6.25. The summed E-state index contributed by atoms with van der Waals surface area (Å²) >= 11 is 3.31. The van der Waals surface area contributed by atoms with Crippen LogP contribution in [0, 0.1) is 0 Å². The molecule has 0 aromatic carbocycles. The summed E-state index contributed by atoms with van der Waals surface area (Å²) in [6, 6.07) is 4.12. The number of nitrogens with two attached hydrogens (primary N) is 1. The summed E-state index contributed by atoms with van der Waals surface area (Å²) in [5, 5.41) is 7.22. The maximum Gasteiger partial charge on any atom is 0.152 e. The lowest BCUT2D eigenvalue weighted by molar-refractivity contribution is 0.311. The van der Waals surface area contributed by atoms with Crippen molar-refractivity contribution < 1.29 is 0 Å². The highest BCUT2D eigenvalue weighted by molar-refractivity contribution is 7.16. The summed E-state index contributed by atoms with van der Waals surface area (Å²) < 4.78 is 0. The third-order valence-corrected chi connectivity index (χ3v) is 4.49. The van der Waals surface area contributed by atoms with Crippen LogP contribution in [0.5, 0.6) is 0 Å². The SMILES string of the molecule is CN(Cc1ccsc1)Cc1nc(NN)c2ccsc2n1. The quantitative estimate of drug-likeness (QED) is 0.560. The minimum atomic E-state index is 0.690. The first kappa shape index (κ1) is 13.4. The molecule has 20 heavy (non-hydrogen) atoms. The van der Waals surface area contributed by atoms with Crippen molar-refractivity contribution in [1.82, 2.24) is 14.9 Å². The number of anilines is 1. The standard InChI is InChI=1S/C13H15N5S2/c1-18(6-9-2-4-19-8-9)7-11-15-12(17-14)10-3-5-20-13(10)16-11/h2-5,8H,6-7,14H2,1H3,(H,15,16,17). The summed E-state index contributed by atoms with van der Waals surface area (Å²) in [7, 11) is 2.06. The Bertz CT molecular complexity index is 692.